The predicted octanol–water partition coefficient (Wildman–Crippen LogP) is 2.05. The summed E-state index contributed by atoms with van der Waals surface area (Å²) in [7, 11) is 0. The standard InChI is InChI=1S/C13H15ClN2O/c14-10-3-1-2-4-12(10)16-11-5-6-15-8-9(11)7-13(16)17/h1-4,9,11,15H,5-8H2. The minimum atomic E-state index is 0.205. The molecule has 0 aromatic heterocycles. The molecule has 17 heavy (non-hydrogen) atoms. The van der Waals surface area contributed by atoms with Gasteiger partial charge in [-0.25, -0.2) is 0 Å². The third-order valence-electron chi connectivity index (χ3n) is 3.72. The first-order valence-electron chi connectivity index (χ1n) is 6.04. The van der Waals surface area contributed by atoms with Gasteiger partial charge >= 0.3 is 0 Å². The van der Waals surface area contributed by atoms with Crippen LogP contribution in [0, 0.1) is 5.92 Å². The summed E-state index contributed by atoms with van der Waals surface area (Å²) in [6, 6.07) is 7.93. The summed E-state index contributed by atoms with van der Waals surface area (Å²) in [4.78, 5) is 14.0. The molecule has 2 atom stereocenters. The lowest BCUT2D eigenvalue weighted by molar-refractivity contribution is -0.117. The van der Waals surface area contributed by atoms with Crippen LogP contribution in [-0.4, -0.2) is 25.0 Å². The fraction of sp³-hybridized carbons (Fsp3) is 0.462. The Morgan fingerprint density at radius 1 is 1.35 bits per heavy atom. The van der Waals surface area contributed by atoms with Crippen molar-refractivity contribution < 1.29 is 4.79 Å². The van der Waals surface area contributed by atoms with Gasteiger partial charge in [0, 0.05) is 24.9 Å². The number of carbonyl (C=O) groups excluding carboxylic acids is 1. The zero-order valence-corrected chi connectivity index (χ0v) is 10.3. The molecule has 2 fully saturated rings. The molecule has 0 radical (unpaired) electrons. The van der Waals surface area contributed by atoms with Crippen molar-refractivity contribution in [3.63, 3.8) is 0 Å². The molecule has 3 rings (SSSR count). The Kier molecular flexibility index (Phi) is 2.81. The minimum Gasteiger partial charge on any atom is -0.316 e. The highest BCUT2D eigenvalue weighted by Crippen LogP contribution is 2.37. The number of benzene rings is 1. The van der Waals surface area contributed by atoms with Crippen LogP contribution in [0.3, 0.4) is 0 Å². The number of para-hydroxylation sites is 1. The molecule has 0 spiro atoms. The fourth-order valence-corrected chi connectivity index (χ4v) is 3.15. The molecule has 4 heteroatoms. The maximum atomic E-state index is 12.1. The van der Waals surface area contributed by atoms with E-state index in [1.54, 1.807) is 0 Å². The van der Waals surface area contributed by atoms with E-state index in [4.69, 9.17) is 11.6 Å². The lowest BCUT2D eigenvalue weighted by Crippen LogP contribution is -2.44. The van der Waals surface area contributed by atoms with Gasteiger partial charge in [-0.1, -0.05) is 23.7 Å². The highest BCUT2D eigenvalue weighted by Gasteiger charge is 2.42. The second-order valence-corrected chi connectivity index (χ2v) is 5.15. The van der Waals surface area contributed by atoms with E-state index in [0.29, 0.717) is 23.4 Å². The van der Waals surface area contributed by atoms with Gasteiger partial charge in [0.05, 0.1) is 10.7 Å². The van der Waals surface area contributed by atoms with E-state index in [2.05, 4.69) is 5.32 Å². The van der Waals surface area contributed by atoms with Crippen molar-refractivity contribution in [1.82, 2.24) is 5.32 Å². The molecular formula is C13H15ClN2O. The quantitative estimate of drug-likeness (QED) is 0.828. The minimum absolute atomic E-state index is 0.205. The van der Waals surface area contributed by atoms with Crippen molar-refractivity contribution in [2.24, 2.45) is 5.92 Å². The normalized spacial score (nSPS) is 28.3. The summed E-state index contributed by atoms with van der Waals surface area (Å²) in [5.41, 5.74) is 0.869. The molecule has 90 valence electrons. The fourth-order valence-electron chi connectivity index (χ4n) is 2.92. The largest absolute Gasteiger partial charge is 0.316 e. The molecule has 2 aliphatic rings. The van der Waals surface area contributed by atoms with E-state index in [-0.39, 0.29) is 5.91 Å². The summed E-state index contributed by atoms with van der Waals surface area (Å²) in [5.74, 6) is 0.643. The van der Waals surface area contributed by atoms with E-state index in [0.717, 1.165) is 25.2 Å². The monoisotopic (exact) mass is 250 g/mol. The van der Waals surface area contributed by atoms with Gasteiger partial charge in [-0.2, -0.15) is 0 Å². The molecule has 0 saturated carbocycles. The lowest BCUT2D eigenvalue weighted by Gasteiger charge is -2.32. The Labute approximate surface area is 106 Å². The average molecular weight is 251 g/mol. The summed E-state index contributed by atoms with van der Waals surface area (Å²) < 4.78 is 0. The molecule has 1 aromatic rings. The number of fused-ring (bicyclic) bond motifs is 1. The van der Waals surface area contributed by atoms with E-state index < -0.39 is 0 Å². The predicted molar refractivity (Wildman–Crippen MR) is 68.3 cm³/mol. The third kappa shape index (κ3) is 1.83. The van der Waals surface area contributed by atoms with Crippen LogP contribution >= 0.6 is 11.6 Å². The summed E-state index contributed by atoms with van der Waals surface area (Å²) in [5, 5.41) is 4.02. The smallest absolute Gasteiger partial charge is 0.227 e. The molecule has 2 aliphatic heterocycles. The molecule has 0 bridgehead atoms. The van der Waals surface area contributed by atoms with Gasteiger partial charge in [-0.15, -0.1) is 0 Å². The average Bonchev–Trinajstić information content (AvgIpc) is 2.66. The van der Waals surface area contributed by atoms with Gasteiger partial charge in [0.15, 0.2) is 0 Å². The van der Waals surface area contributed by atoms with Gasteiger partial charge in [-0.3, -0.25) is 4.79 Å². The number of halogens is 1. The van der Waals surface area contributed by atoms with Gasteiger partial charge < -0.3 is 10.2 Å². The van der Waals surface area contributed by atoms with Crippen LogP contribution in [0.2, 0.25) is 5.02 Å². The maximum Gasteiger partial charge on any atom is 0.227 e. The number of rotatable bonds is 1. The Balaban J connectivity index is 1.96. The van der Waals surface area contributed by atoms with E-state index in [1.807, 2.05) is 29.2 Å². The Bertz CT molecular complexity index is 449. The van der Waals surface area contributed by atoms with Crippen molar-refractivity contribution in [2.45, 2.75) is 18.9 Å². The number of amides is 1. The van der Waals surface area contributed by atoms with Crippen LogP contribution in [0.25, 0.3) is 0 Å². The second kappa shape index (κ2) is 4.31. The van der Waals surface area contributed by atoms with Crippen molar-refractivity contribution in [2.75, 3.05) is 18.0 Å². The summed E-state index contributed by atoms with van der Waals surface area (Å²) in [6.45, 7) is 1.92. The van der Waals surface area contributed by atoms with Gasteiger partial charge in [0.25, 0.3) is 0 Å². The van der Waals surface area contributed by atoms with Crippen LogP contribution in [0.15, 0.2) is 24.3 Å². The molecule has 1 amide bonds. The zero-order valence-electron chi connectivity index (χ0n) is 9.53. The highest BCUT2D eigenvalue weighted by atomic mass is 35.5. The third-order valence-corrected chi connectivity index (χ3v) is 4.04. The molecule has 2 heterocycles. The van der Waals surface area contributed by atoms with Crippen LogP contribution < -0.4 is 10.2 Å². The lowest BCUT2D eigenvalue weighted by atomic mass is 9.94. The molecule has 3 nitrogen and oxygen atoms in total. The van der Waals surface area contributed by atoms with Gasteiger partial charge in [0.1, 0.15) is 0 Å². The van der Waals surface area contributed by atoms with Crippen LogP contribution in [0.4, 0.5) is 5.69 Å². The van der Waals surface area contributed by atoms with Gasteiger partial charge in [-0.05, 0) is 25.1 Å². The topological polar surface area (TPSA) is 32.3 Å². The number of anilines is 1. The number of piperidine rings is 1. The second-order valence-electron chi connectivity index (χ2n) is 4.74. The first-order valence-corrected chi connectivity index (χ1v) is 6.42. The number of carbonyl (C=O) groups is 1. The first kappa shape index (κ1) is 11.1. The first-order chi connectivity index (χ1) is 8.27. The SMILES string of the molecule is O=C1CC2CNCCC2N1c1ccccc1Cl. The molecule has 2 unspecified atom stereocenters. The number of nitrogens with one attached hydrogen (secondary N) is 1. The Morgan fingerprint density at radius 2 is 2.18 bits per heavy atom. The molecule has 0 aliphatic carbocycles. The van der Waals surface area contributed by atoms with Crippen molar-refractivity contribution in [3.05, 3.63) is 29.3 Å². The molecule has 2 saturated heterocycles. The maximum absolute atomic E-state index is 12.1. The molecule has 1 N–H and O–H groups in total. The number of nitrogens with zero attached hydrogens (tertiary/aromatic N) is 1. The van der Waals surface area contributed by atoms with E-state index in [1.165, 1.54) is 0 Å². The zero-order chi connectivity index (χ0) is 11.8. The van der Waals surface area contributed by atoms with Crippen LogP contribution in [-0.2, 0) is 4.79 Å². The van der Waals surface area contributed by atoms with E-state index >= 15 is 0 Å². The Morgan fingerprint density at radius 3 is 3.00 bits per heavy atom. The Hall–Kier alpha value is -1.06. The number of hydrogen-bond acceptors (Lipinski definition) is 2. The van der Waals surface area contributed by atoms with Crippen LogP contribution in [0.1, 0.15) is 12.8 Å². The van der Waals surface area contributed by atoms with Crippen LogP contribution in [0.5, 0.6) is 0 Å². The summed E-state index contributed by atoms with van der Waals surface area (Å²) >= 11 is 6.19. The van der Waals surface area contributed by atoms with Crippen molar-refractivity contribution in [3.8, 4) is 0 Å². The highest BCUT2D eigenvalue weighted by molar-refractivity contribution is 6.33. The molecular weight excluding hydrogens is 236 g/mol. The molecule has 1 aromatic carbocycles. The summed E-state index contributed by atoms with van der Waals surface area (Å²) in [6.07, 6.45) is 1.66. The number of hydrogen-bond donors (Lipinski definition) is 1. The van der Waals surface area contributed by atoms with Crippen molar-refractivity contribution >= 4 is 23.2 Å². The van der Waals surface area contributed by atoms with E-state index in [9.17, 15) is 4.79 Å². The van der Waals surface area contributed by atoms with Gasteiger partial charge in [0.2, 0.25) is 5.91 Å². The van der Waals surface area contributed by atoms with Crippen molar-refractivity contribution in [1.29, 1.82) is 0 Å².